The summed E-state index contributed by atoms with van der Waals surface area (Å²) in [6.07, 6.45) is 4.51. The van der Waals surface area contributed by atoms with Crippen molar-refractivity contribution < 1.29 is 14.6 Å². The second-order valence-corrected chi connectivity index (χ2v) is 3.29. The molecule has 0 aromatic carbocycles. The third-order valence-electron chi connectivity index (χ3n) is 2.39. The van der Waals surface area contributed by atoms with Crippen LogP contribution in [-0.2, 0) is 9.47 Å². The number of hydrogen-bond donors (Lipinski definition) is 1. The minimum Gasteiger partial charge on any atom is -0.394 e. The quantitative estimate of drug-likeness (QED) is 0.495. The Kier molecular flexibility index (Phi) is 2.44. The van der Waals surface area contributed by atoms with Crippen molar-refractivity contribution in [2.75, 3.05) is 19.8 Å². The summed E-state index contributed by atoms with van der Waals surface area (Å²) >= 11 is 0. The molecule has 2 heterocycles. The number of aliphatic hydroxyl groups excluding tert-OH is 1. The Balaban J connectivity index is 1.76. The van der Waals surface area contributed by atoms with E-state index in [1.807, 2.05) is 0 Å². The number of ether oxygens (including phenoxy) is 2. The fourth-order valence-corrected chi connectivity index (χ4v) is 1.53. The second kappa shape index (κ2) is 3.56. The molecule has 0 spiro atoms. The monoisotopic (exact) mass is 170 g/mol. The Hall–Kier alpha value is -0.380. The summed E-state index contributed by atoms with van der Waals surface area (Å²) in [5.41, 5.74) is 1.42. The molecule has 1 saturated heterocycles. The van der Waals surface area contributed by atoms with Crippen LogP contribution in [0.3, 0.4) is 0 Å². The lowest BCUT2D eigenvalue weighted by Gasteiger charge is -2.11. The molecule has 0 radical (unpaired) electrons. The van der Waals surface area contributed by atoms with Crippen molar-refractivity contribution in [2.45, 2.75) is 25.0 Å². The summed E-state index contributed by atoms with van der Waals surface area (Å²) in [7, 11) is 0. The molecule has 2 aliphatic heterocycles. The van der Waals surface area contributed by atoms with E-state index in [-0.39, 0.29) is 18.8 Å². The zero-order chi connectivity index (χ0) is 8.39. The van der Waals surface area contributed by atoms with E-state index in [1.165, 1.54) is 5.57 Å². The van der Waals surface area contributed by atoms with Gasteiger partial charge >= 0.3 is 0 Å². The molecule has 68 valence electrons. The lowest BCUT2D eigenvalue weighted by Crippen LogP contribution is -2.07. The summed E-state index contributed by atoms with van der Waals surface area (Å²) in [6.45, 7) is 1.74. The van der Waals surface area contributed by atoms with Gasteiger partial charge in [0, 0.05) is 0 Å². The molecule has 0 saturated carbocycles. The van der Waals surface area contributed by atoms with Crippen molar-refractivity contribution in [3.63, 3.8) is 0 Å². The van der Waals surface area contributed by atoms with Crippen molar-refractivity contribution in [3.05, 3.63) is 11.6 Å². The summed E-state index contributed by atoms with van der Waals surface area (Å²) in [6, 6.07) is 0. The smallest absolute Gasteiger partial charge is 0.107 e. The Morgan fingerprint density at radius 1 is 1.50 bits per heavy atom. The van der Waals surface area contributed by atoms with Crippen LogP contribution < -0.4 is 0 Å². The second-order valence-electron chi connectivity index (χ2n) is 3.29. The number of rotatable bonds is 3. The van der Waals surface area contributed by atoms with E-state index in [9.17, 15) is 0 Å². The fourth-order valence-electron chi connectivity index (χ4n) is 1.53. The molecule has 0 aliphatic carbocycles. The standard InChI is InChI=1S/C9H14O3/c10-6-9-8(12-9)5-7-1-3-11-4-2-7/h1,8-10H,2-6H2/t8-,9-/m0/s1. The molecule has 2 rings (SSSR count). The Morgan fingerprint density at radius 2 is 2.42 bits per heavy atom. The third kappa shape index (κ3) is 1.86. The van der Waals surface area contributed by atoms with Gasteiger partial charge in [0.15, 0.2) is 0 Å². The highest BCUT2D eigenvalue weighted by molar-refractivity contribution is 5.09. The van der Waals surface area contributed by atoms with Gasteiger partial charge in [0.1, 0.15) is 6.10 Å². The lowest BCUT2D eigenvalue weighted by atomic mass is 10.0. The van der Waals surface area contributed by atoms with E-state index < -0.39 is 0 Å². The van der Waals surface area contributed by atoms with Gasteiger partial charge in [-0.1, -0.05) is 11.6 Å². The van der Waals surface area contributed by atoms with Gasteiger partial charge in [-0.2, -0.15) is 0 Å². The molecule has 0 bridgehead atoms. The van der Waals surface area contributed by atoms with Gasteiger partial charge in [-0.05, 0) is 12.8 Å². The molecule has 0 aromatic rings. The van der Waals surface area contributed by atoms with Gasteiger partial charge in [-0.3, -0.25) is 0 Å². The van der Waals surface area contributed by atoms with Crippen LogP contribution in [0.1, 0.15) is 12.8 Å². The third-order valence-corrected chi connectivity index (χ3v) is 2.39. The molecule has 12 heavy (non-hydrogen) atoms. The van der Waals surface area contributed by atoms with Gasteiger partial charge in [-0.15, -0.1) is 0 Å². The number of hydrogen-bond acceptors (Lipinski definition) is 3. The highest BCUT2D eigenvalue weighted by atomic mass is 16.6. The van der Waals surface area contributed by atoms with Gasteiger partial charge < -0.3 is 14.6 Å². The largest absolute Gasteiger partial charge is 0.394 e. The average Bonchev–Trinajstić information content (AvgIpc) is 2.85. The molecule has 2 atom stereocenters. The van der Waals surface area contributed by atoms with Crippen LogP contribution >= 0.6 is 0 Å². The maximum absolute atomic E-state index is 8.74. The fraction of sp³-hybridized carbons (Fsp3) is 0.778. The molecule has 1 N–H and O–H groups in total. The minimum atomic E-state index is 0.105. The first kappa shape index (κ1) is 8.23. The van der Waals surface area contributed by atoms with E-state index >= 15 is 0 Å². The van der Waals surface area contributed by atoms with Crippen LogP contribution in [-0.4, -0.2) is 37.1 Å². The topological polar surface area (TPSA) is 42.0 Å². The van der Waals surface area contributed by atoms with Crippen molar-refractivity contribution in [1.82, 2.24) is 0 Å². The van der Waals surface area contributed by atoms with Crippen molar-refractivity contribution >= 4 is 0 Å². The van der Waals surface area contributed by atoms with E-state index in [1.54, 1.807) is 0 Å². The minimum absolute atomic E-state index is 0.105. The van der Waals surface area contributed by atoms with Crippen LogP contribution in [0.4, 0.5) is 0 Å². The predicted octanol–water partition coefficient (Wildman–Crippen LogP) is 0.483. The molecule has 0 aromatic heterocycles. The Labute approximate surface area is 72.0 Å². The maximum atomic E-state index is 8.74. The van der Waals surface area contributed by atoms with Crippen LogP contribution in [0.2, 0.25) is 0 Å². The van der Waals surface area contributed by atoms with Crippen LogP contribution in [0.5, 0.6) is 0 Å². The first-order valence-electron chi connectivity index (χ1n) is 4.42. The normalized spacial score (nSPS) is 34.6. The highest BCUT2D eigenvalue weighted by Gasteiger charge is 2.38. The molecule has 1 fully saturated rings. The van der Waals surface area contributed by atoms with E-state index in [0.717, 1.165) is 26.1 Å². The molecular weight excluding hydrogens is 156 g/mol. The van der Waals surface area contributed by atoms with Crippen LogP contribution in [0.25, 0.3) is 0 Å². The first-order chi connectivity index (χ1) is 5.90. The maximum Gasteiger partial charge on any atom is 0.107 e. The molecular formula is C9H14O3. The first-order valence-corrected chi connectivity index (χ1v) is 4.42. The summed E-state index contributed by atoms with van der Waals surface area (Å²) in [5, 5.41) is 8.74. The van der Waals surface area contributed by atoms with Gasteiger partial charge in [0.05, 0.1) is 25.9 Å². The molecule has 0 unspecified atom stereocenters. The van der Waals surface area contributed by atoms with Crippen molar-refractivity contribution in [3.8, 4) is 0 Å². The average molecular weight is 170 g/mol. The molecule has 0 amide bonds. The van der Waals surface area contributed by atoms with E-state index in [4.69, 9.17) is 14.6 Å². The van der Waals surface area contributed by atoms with E-state index in [2.05, 4.69) is 6.08 Å². The lowest BCUT2D eigenvalue weighted by molar-refractivity contribution is 0.153. The van der Waals surface area contributed by atoms with Crippen LogP contribution in [0.15, 0.2) is 11.6 Å². The summed E-state index contributed by atoms with van der Waals surface area (Å²) in [5.74, 6) is 0. The molecule has 3 nitrogen and oxygen atoms in total. The van der Waals surface area contributed by atoms with Gasteiger partial charge in [0.25, 0.3) is 0 Å². The van der Waals surface area contributed by atoms with Crippen molar-refractivity contribution in [2.24, 2.45) is 0 Å². The number of aliphatic hydroxyl groups is 1. The predicted molar refractivity (Wildman–Crippen MR) is 43.9 cm³/mol. The van der Waals surface area contributed by atoms with E-state index in [0.29, 0.717) is 0 Å². The summed E-state index contributed by atoms with van der Waals surface area (Å²) in [4.78, 5) is 0. The number of epoxide rings is 1. The zero-order valence-electron chi connectivity index (χ0n) is 7.03. The summed E-state index contributed by atoms with van der Waals surface area (Å²) < 4.78 is 10.4. The Bertz CT molecular complexity index is 188. The van der Waals surface area contributed by atoms with Gasteiger partial charge in [0.2, 0.25) is 0 Å². The van der Waals surface area contributed by atoms with Crippen LogP contribution in [0, 0.1) is 0 Å². The SMILES string of the molecule is OC[C@@H]1O[C@H]1CC1=CCOCC1. The molecule has 3 heteroatoms. The van der Waals surface area contributed by atoms with Gasteiger partial charge in [-0.25, -0.2) is 0 Å². The highest BCUT2D eigenvalue weighted by Crippen LogP contribution is 2.29. The van der Waals surface area contributed by atoms with Crippen molar-refractivity contribution in [1.29, 1.82) is 0 Å². The zero-order valence-corrected chi connectivity index (χ0v) is 7.03. The molecule has 2 aliphatic rings. The Morgan fingerprint density at radius 3 is 3.00 bits per heavy atom.